The fourth-order valence-electron chi connectivity index (χ4n) is 1.91. The molecule has 0 N–H and O–H groups in total. The summed E-state index contributed by atoms with van der Waals surface area (Å²) in [6.07, 6.45) is 0. The average molecular weight is 360 g/mol. The number of halogens is 1. The summed E-state index contributed by atoms with van der Waals surface area (Å²) in [5.74, 6) is 0.296. The van der Waals surface area contributed by atoms with Crippen molar-refractivity contribution in [3.8, 4) is 5.75 Å². The van der Waals surface area contributed by atoms with Crippen molar-refractivity contribution in [3.05, 3.63) is 51.7 Å². The van der Waals surface area contributed by atoms with Crippen LogP contribution in [0.4, 0.5) is 0 Å². The number of hydrogen-bond acceptors (Lipinski definition) is 5. The molecule has 0 fully saturated rings. The highest BCUT2D eigenvalue weighted by Crippen LogP contribution is 2.22. The van der Waals surface area contributed by atoms with Crippen LogP contribution in [0.25, 0.3) is 0 Å². The van der Waals surface area contributed by atoms with Crippen molar-refractivity contribution in [1.82, 2.24) is 4.90 Å². The summed E-state index contributed by atoms with van der Waals surface area (Å²) in [6.45, 7) is 3.87. The Balaban J connectivity index is 1.89. The van der Waals surface area contributed by atoms with E-state index < -0.39 is 10.1 Å². The third-order valence-corrected chi connectivity index (χ3v) is 5.42. The molecule has 0 aliphatic rings. The van der Waals surface area contributed by atoms with Crippen LogP contribution in [-0.4, -0.2) is 32.2 Å². The van der Waals surface area contributed by atoms with Crippen LogP contribution in [0.1, 0.15) is 11.8 Å². The van der Waals surface area contributed by atoms with E-state index in [4.69, 9.17) is 15.8 Å². The minimum Gasteiger partial charge on any atom is -0.382 e. The van der Waals surface area contributed by atoms with Gasteiger partial charge < -0.3 is 4.18 Å². The molecule has 4 nitrogen and oxygen atoms in total. The summed E-state index contributed by atoms with van der Waals surface area (Å²) in [5, 5.41) is 0. The predicted molar refractivity (Wildman–Crippen MR) is 91.1 cm³/mol. The molecule has 2 aromatic rings. The Bertz CT molecular complexity index is 686. The van der Waals surface area contributed by atoms with Gasteiger partial charge in [0.2, 0.25) is 0 Å². The van der Waals surface area contributed by atoms with Crippen molar-refractivity contribution in [3.63, 3.8) is 0 Å². The van der Waals surface area contributed by atoms with Gasteiger partial charge >= 0.3 is 10.1 Å². The molecule has 0 saturated heterocycles. The van der Waals surface area contributed by atoms with Crippen LogP contribution in [0, 0.1) is 0 Å². The van der Waals surface area contributed by atoms with Gasteiger partial charge in [0.05, 0.1) is 10.1 Å². The summed E-state index contributed by atoms with van der Waals surface area (Å²) in [5.41, 5.74) is 0. The zero-order valence-electron chi connectivity index (χ0n) is 12.2. The lowest BCUT2D eigenvalue weighted by Crippen LogP contribution is -2.30. The quantitative estimate of drug-likeness (QED) is 0.675. The molecule has 0 unspecified atom stereocenters. The minimum atomic E-state index is -3.59. The Morgan fingerprint density at radius 2 is 1.91 bits per heavy atom. The molecule has 0 radical (unpaired) electrons. The molecule has 120 valence electrons. The van der Waals surface area contributed by atoms with Crippen molar-refractivity contribution in [2.24, 2.45) is 0 Å². The number of para-hydroxylation sites is 1. The second kappa shape index (κ2) is 7.97. The molecule has 0 aliphatic heterocycles. The number of hydrogen-bond donors (Lipinski definition) is 0. The monoisotopic (exact) mass is 359 g/mol. The van der Waals surface area contributed by atoms with Crippen LogP contribution in [0.2, 0.25) is 4.34 Å². The lowest BCUT2D eigenvalue weighted by atomic mass is 10.3. The molecule has 0 atom stereocenters. The summed E-state index contributed by atoms with van der Waals surface area (Å²) in [7, 11) is -3.59. The van der Waals surface area contributed by atoms with Gasteiger partial charge in [0, 0.05) is 18.0 Å². The van der Waals surface area contributed by atoms with Crippen LogP contribution in [0.3, 0.4) is 0 Å². The second-order valence-corrected chi connectivity index (χ2v) is 8.22. The molecule has 7 heteroatoms. The van der Waals surface area contributed by atoms with E-state index in [0.29, 0.717) is 18.8 Å². The summed E-state index contributed by atoms with van der Waals surface area (Å²) in [6, 6.07) is 12.4. The van der Waals surface area contributed by atoms with Crippen molar-refractivity contribution in [2.45, 2.75) is 13.5 Å². The van der Waals surface area contributed by atoms with E-state index in [0.717, 1.165) is 15.8 Å². The first-order chi connectivity index (χ1) is 10.5. The molecule has 0 amide bonds. The average Bonchev–Trinajstić information content (AvgIpc) is 2.89. The highest BCUT2D eigenvalue weighted by Gasteiger charge is 2.15. The third-order valence-electron chi connectivity index (χ3n) is 3.08. The molecule has 0 spiro atoms. The Morgan fingerprint density at radius 1 is 1.18 bits per heavy atom. The van der Waals surface area contributed by atoms with Gasteiger partial charge in [-0.25, -0.2) is 0 Å². The van der Waals surface area contributed by atoms with E-state index >= 15 is 0 Å². The van der Waals surface area contributed by atoms with Crippen molar-refractivity contribution in [2.75, 3.05) is 18.8 Å². The summed E-state index contributed by atoms with van der Waals surface area (Å²) in [4.78, 5) is 3.17. The number of nitrogens with zero attached hydrogens (tertiary/aromatic N) is 1. The Hall–Kier alpha value is -1.08. The normalized spacial score (nSPS) is 11.8. The maximum atomic E-state index is 12.0. The summed E-state index contributed by atoms with van der Waals surface area (Å²) >= 11 is 7.42. The van der Waals surface area contributed by atoms with Crippen molar-refractivity contribution < 1.29 is 12.6 Å². The SMILES string of the molecule is CCN(CCS(=O)(=O)Oc1ccccc1)Cc1ccc(Cl)s1. The van der Waals surface area contributed by atoms with E-state index in [2.05, 4.69) is 0 Å². The maximum Gasteiger partial charge on any atom is 0.310 e. The second-order valence-electron chi connectivity index (χ2n) is 4.73. The molecule has 22 heavy (non-hydrogen) atoms. The zero-order chi connectivity index (χ0) is 16.0. The molecular formula is C15H18ClNO3S2. The van der Waals surface area contributed by atoms with Gasteiger partial charge in [-0.1, -0.05) is 36.7 Å². The third kappa shape index (κ3) is 5.61. The fourth-order valence-corrected chi connectivity index (χ4v) is 4.01. The number of benzene rings is 1. The van der Waals surface area contributed by atoms with Gasteiger partial charge in [0.15, 0.2) is 0 Å². The van der Waals surface area contributed by atoms with Crippen molar-refractivity contribution in [1.29, 1.82) is 0 Å². The zero-order valence-corrected chi connectivity index (χ0v) is 14.6. The first kappa shape index (κ1) is 17.3. The van der Waals surface area contributed by atoms with Gasteiger partial charge in [-0.3, -0.25) is 4.90 Å². The lowest BCUT2D eigenvalue weighted by Gasteiger charge is -2.19. The first-order valence-corrected chi connectivity index (χ1v) is 9.69. The largest absolute Gasteiger partial charge is 0.382 e. The first-order valence-electron chi connectivity index (χ1n) is 6.92. The summed E-state index contributed by atoms with van der Waals surface area (Å²) < 4.78 is 29.8. The highest BCUT2D eigenvalue weighted by molar-refractivity contribution is 7.87. The van der Waals surface area contributed by atoms with Gasteiger partial charge in [0.25, 0.3) is 0 Å². The van der Waals surface area contributed by atoms with Crippen molar-refractivity contribution >= 4 is 33.1 Å². The van der Waals surface area contributed by atoms with Crippen LogP contribution in [-0.2, 0) is 16.7 Å². The maximum absolute atomic E-state index is 12.0. The van der Waals surface area contributed by atoms with Gasteiger partial charge in [-0.2, -0.15) is 8.42 Å². The molecule has 2 rings (SSSR count). The van der Waals surface area contributed by atoms with E-state index in [9.17, 15) is 8.42 Å². The minimum absolute atomic E-state index is 0.0468. The van der Waals surface area contributed by atoms with E-state index in [-0.39, 0.29) is 5.75 Å². The molecular weight excluding hydrogens is 342 g/mol. The van der Waals surface area contributed by atoms with E-state index in [1.807, 2.05) is 30.0 Å². The van der Waals surface area contributed by atoms with Gasteiger partial charge in [-0.15, -0.1) is 11.3 Å². The molecule has 0 bridgehead atoms. The topological polar surface area (TPSA) is 46.6 Å². The Morgan fingerprint density at radius 3 is 2.50 bits per heavy atom. The number of thiophene rings is 1. The molecule has 0 aliphatic carbocycles. The van der Waals surface area contributed by atoms with Gasteiger partial charge in [-0.05, 0) is 30.8 Å². The van der Waals surface area contributed by atoms with Crippen LogP contribution < -0.4 is 4.18 Å². The van der Waals surface area contributed by atoms with Crippen LogP contribution in [0.15, 0.2) is 42.5 Å². The lowest BCUT2D eigenvalue weighted by molar-refractivity contribution is 0.297. The van der Waals surface area contributed by atoms with E-state index in [1.54, 1.807) is 24.3 Å². The smallest absolute Gasteiger partial charge is 0.310 e. The number of rotatable bonds is 8. The Kier molecular flexibility index (Phi) is 6.26. The highest BCUT2D eigenvalue weighted by atomic mass is 35.5. The van der Waals surface area contributed by atoms with Crippen LogP contribution >= 0.6 is 22.9 Å². The fraction of sp³-hybridized carbons (Fsp3) is 0.333. The molecule has 1 heterocycles. The van der Waals surface area contributed by atoms with Crippen LogP contribution in [0.5, 0.6) is 5.75 Å². The molecule has 1 aromatic carbocycles. The van der Waals surface area contributed by atoms with Gasteiger partial charge in [0.1, 0.15) is 5.75 Å². The molecule has 0 saturated carbocycles. The standard InChI is InChI=1S/C15H18ClNO3S2/c1-2-17(12-14-8-9-15(16)21-14)10-11-22(18,19)20-13-6-4-3-5-7-13/h3-9H,2,10-12H2,1H3. The predicted octanol–water partition coefficient (Wildman–Crippen LogP) is 3.63. The Labute approximate surface area is 140 Å². The molecule has 1 aromatic heterocycles. The van der Waals surface area contributed by atoms with E-state index in [1.165, 1.54) is 11.3 Å².